The average molecular weight is 450 g/mol. The molecule has 0 spiro atoms. The molecular weight excluding hydrogens is 414 g/mol. The van der Waals surface area contributed by atoms with Gasteiger partial charge in [-0.25, -0.2) is 0 Å². The van der Waals surface area contributed by atoms with Crippen LogP contribution in [0.5, 0.6) is 5.75 Å². The SMILES string of the molecule is COC(=O)CCCCC=C(COc1cccc2ccccc12)C(=O)NC(C)C1C=CCCC1. The van der Waals surface area contributed by atoms with Crippen LogP contribution in [0, 0.1) is 5.92 Å². The molecule has 33 heavy (non-hydrogen) atoms. The van der Waals surface area contributed by atoms with E-state index in [1.807, 2.05) is 48.5 Å². The summed E-state index contributed by atoms with van der Waals surface area (Å²) >= 11 is 0. The number of amides is 1. The van der Waals surface area contributed by atoms with Gasteiger partial charge in [-0.3, -0.25) is 9.59 Å². The first-order valence-corrected chi connectivity index (χ1v) is 11.9. The zero-order valence-corrected chi connectivity index (χ0v) is 19.7. The Bertz CT molecular complexity index is 989. The number of hydrogen-bond acceptors (Lipinski definition) is 4. The first kappa shape index (κ1) is 24.6. The van der Waals surface area contributed by atoms with Crippen molar-refractivity contribution in [3.8, 4) is 5.75 Å². The molecule has 176 valence electrons. The Balaban J connectivity index is 1.66. The number of hydrogen-bond donors (Lipinski definition) is 1. The lowest BCUT2D eigenvalue weighted by Gasteiger charge is -2.25. The molecule has 0 fully saturated rings. The molecule has 0 aromatic heterocycles. The van der Waals surface area contributed by atoms with Crippen LogP contribution in [-0.2, 0) is 14.3 Å². The molecule has 0 radical (unpaired) electrons. The summed E-state index contributed by atoms with van der Waals surface area (Å²) in [5.41, 5.74) is 0.618. The summed E-state index contributed by atoms with van der Waals surface area (Å²) in [5.74, 6) is 0.837. The highest BCUT2D eigenvalue weighted by Gasteiger charge is 2.20. The maximum atomic E-state index is 13.1. The van der Waals surface area contributed by atoms with E-state index in [-0.39, 0.29) is 24.5 Å². The summed E-state index contributed by atoms with van der Waals surface area (Å²) < 4.78 is 10.8. The fraction of sp³-hybridized carbons (Fsp3) is 0.429. The molecule has 5 nitrogen and oxygen atoms in total. The van der Waals surface area contributed by atoms with Crippen LogP contribution in [-0.4, -0.2) is 31.6 Å². The molecule has 1 N–H and O–H groups in total. The summed E-state index contributed by atoms with van der Waals surface area (Å²) in [7, 11) is 1.40. The highest BCUT2D eigenvalue weighted by Crippen LogP contribution is 2.26. The van der Waals surface area contributed by atoms with Gasteiger partial charge in [0.2, 0.25) is 0 Å². The number of esters is 1. The molecule has 0 aliphatic heterocycles. The molecule has 0 saturated carbocycles. The number of unbranched alkanes of at least 4 members (excludes halogenated alkanes) is 2. The van der Waals surface area contributed by atoms with Crippen molar-refractivity contribution in [2.24, 2.45) is 5.92 Å². The summed E-state index contributed by atoms with van der Waals surface area (Å²) in [6.07, 6.45) is 12.4. The highest BCUT2D eigenvalue weighted by atomic mass is 16.5. The lowest BCUT2D eigenvalue weighted by atomic mass is 9.90. The molecule has 1 aliphatic rings. The van der Waals surface area contributed by atoms with E-state index in [0.29, 0.717) is 24.3 Å². The first-order valence-electron chi connectivity index (χ1n) is 11.9. The van der Waals surface area contributed by atoms with Crippen molar-refractivity contribution in [2.45, 2.75) is 57.9 Å². The van der Waals surface area contributed by atoms with Crippen LogP contribution in [0.2, 0.25) is 0 Å². The van der Waals surface area contributed by atoms with E-state index in [2.05, 4.69) is 24.4 Å². The van der Waals surface area contributed by atoms with Gasteiger partial charge in [-0.15, -0.1) is 0 Å². The van der Waals surface area contributed by atoms with E-state index in [0.717, 1.165) is 48.6 Å². The lowest BCUT2D eigenvalue weighted by Crippen LogP contribution is -2.39. The average Bonchev–Trinajstić information content (AvgIpc) is 2.85. The molecule has 2 aromatic carbocycles. The predicted octanol–water partition coefficient (Wildman–Crippen LogP) is 5.74. The number of nitrogens with one attached hydrogen (secondary N) is 1. The Morgan fingerprint density at radius 1 is 1.15 bits per heavy atom. The van der Waals surface area contributed by atoms with Gasteiger partial charge in [-0.05, 0) is 62.8 Å². The number of allylic oxidation sites excluding steroid dienone is 2. The number of methoxy groups -OCH3 is 1. The third-order valence-corrected chi connectivity index (χ3v) is 6.17. The second-order valence-corrected chi connectivity index (χ2v) is 8.60. The second kappa shape index (κ2) is 12.8. The van der Waals surface area contributed by atoms with E-state index < -0.39 is 0 Å². The summed E-state index contributed by atoms with van der Waals surface area (Å²) in [6.45, 7) is 2.27. The van der Waals surface area contributed by atoms with Crippen molar-refractivity contribution in [3.63, 3.8) is 0 Å². The van der Waals surface area contributed by atoms with Gasteiger partial charge >= 0.3 is 5.97 Å². The van der Waals surface area contributed by atoms with Crippen molar-refractivity contribution in [2.75, 3.05) is 13.7 Å². The monoisotopic (exact) mass is 449 g/mol. The molecule has 5 heteroatoms. The van der Waals surface area contributed by atoms with Gasteiger partial charge in [0.05, 0.1) is 12.7 Å². The van der Waals surface area contributed by atoms with E-state index in [9.17, 15) is 9.59 Å². The number of carbonyl (C=O) groups excluding carboxylic acids is 2. The zero-order chi connectivity index (χ0) is 23.5. The van der Waals surface area contributed by atoms with Gasteiger partial charge < -0.3 is 14.8 Å². The van der Waals surface area contributed by atoms with Crippen molar-refractivity contribution in [1.29, 1.82) is 0 Å². The Hall–Kier alpha value is -3.08. The van der Waals surface area contributed by atoms with Crippen molar-refractivity contribution >= 4 is 22.6 Å². The minimum Gasteiger partial charge on any atom is -0.488 e. The van der Waals surface area contributed by atoms with Gasteiger partial charge in [-0.1, -0.05) is 54.6 Å². The number of ether oxygens (including phenoxy) is 2. The molecule has 0 saturated heterocycles. The highest BCUT2D eigenvalue weighted by molar-refractivity contribution is 5.94. The standard InChI is InChI=1S/C28H35NO4/c1-21(22-12-5-3-6-13-22)29-28(31)24(15-7-4-8-19-27(30)32-2)20-33-26-18-11-16-23-14-9-10-17-25(23)26/h5,9-12,14-18,21-22H,3-4,6-8,13,19-20H2,1-2H3,(H,29,31). The second-order valence-electron chi connectivity index (χ2n) is 8.60. The predicted molar refractivity (Wildman–Crippen MR) is 132 cm³/mol. The van der Waals surface area contributed by atoms with E-state index in [1.54, 1.807) is 0 Å². The summed E-state index contributed by atoms with van der Waals surface area (Å²) in [4.78, 5) is 24.5. The molecule has 0 bridgehead atoms. The number of fused-ring (bicyclic) bond motifs is 1. The van der Waals surface area contributed by atoms with Crippen LogP contribution in [0.4, 0.5) is 0 Å². The minimum atomic E-state index is -0.203. The van der Waals surface area contributed by atoms with Crippen LogP contribution < -0.4 is 10.1 Å². The topological polar surface area (TPSA) is 64.6 Å². The number of rotatable bonds is 11. The van der Waals surface area contributed by atoms with Gasteiger partial charge in [0.1, 0.15) is 12.4 Å². The van der Waals surface area contributed by atoms with E-state index >= 15 is 0 Å². The Labute approximate surface area is 196 Å². The van der Waals surface area contributed by atoms with Crippen LogP contribution >= 0.6 is 0 Å². The number of carbonyl (C=O) groups is 2. The molecule has 2 aromatic rings. The number of benzene rings is 2. The smallest absolute Gasteiger partial charge is 0.305 e. The Kier molecular flexibility index (Phi) is 9.55. The minimum absolute atomic E-state index is 0.0642. The van der Waals surface area contributed by atoms with Gasteiger partial charge in [-0.2, -0.15) is 0 Å². The Morgan fingerprint density at radius 2 is 1.97 bits per heavy atom. The van der Waals surface area contributed by atoms with Crippen LogP contribution in [0.3, 0.4) is 0 Å². The Morgan fingerprint density at radius 3 is 2.76 bits per heavy atom. The molecule has 1 amide bonds. The zero-order valence-electron chi connectivity index (χ0n) is 19.7. The van der Waals surface area contributed by atoms with Crippen molar-refractivity contribution in [3.05, 3.63) is 66.3 Å². The third kappa shape index (κ3) is 7.48. The van der Waals surface area contributed by atoms with E-state index in [1.165, 1.54) is 7.11 Å². The molecular formula is C28H35NO4. The van der Waals surface area contributed by atoms with Crippen LogP contribution in [0.25, 0.3) is 10.8 Å². The van der Waals surface area contributed by atoms with Crippen molar-refractivity contribution in [1.82, 2.24) is 5.32 Å². The lowest BCUT2D eigenvalue weighted by molar-refractivity contribution is -0.140. The maximum absolute atomic E-state index is 13.1. The molecule has 1 aliphatic carbocycles. The van der Waals surface area contributed by atoms with Gasteiger partial charge in [0, 0.05) is 17.8 Å². The van der Waals surface area contributed by atoms with Crippen LogP contribution in [0.15, 0.2) is 66.3 Å². The largest absolute Gasteiger partial charge is 0.488 e. The van der Waals surface area contributed by atoms with Gasteiger partial charge in [0.25, 0.3) is 5.91 Å². The third-order valence-electron chi connectivity index (χ3n) is 6.17. The summed E-state index contributed by atoms with van der Waals surface area (Å²) in [5, 5.41) is 5.31. The van der Waals surface area contributed by atoms with E-state index in [4.69, 9.17) is 9.47 Å². The van der Waals surface area contributed by atoms with Gasteiger partial charge in [0.15, 0.2) is 0 Å². The molecule has 3 rings (SSSR count). The maximum Gasteiger partial charge on any atom is 0.305 e. The molecule has 2 unspecified atom stereocenters. The molecule has 0 heterocycles. The van der Waals surface area contributed by atoms with Crippen LogP contribution in [0.1, 0.15) is 51.9 Å². The molecule has 2 atom stereocenters. The fourth-order valence-corrected chi connectivity index (χ4v) is 4.15. The summed E-state index contributed by atoms with van der Waals surface area (Å²) in [6, 6.07) is 14.1. The fourth-order valence-electron chi connectivity index (χ4n) is 4.15. The quantitative estimate of drug-likeness (QED) is 0.206. The normalized spacial score (nSPS) is 16.9. The first-order chi connectivity index (χ1) is 16.1. The van der Waals surface area contributed by atoms with Crippen molar-refractivity contribution < 1.29 is 19.1 Å².